The summed E-state index contributed by atoms with van der Waals surface area (Å²) in [5, 5.41) is 3.46. The summed E-state index contributed by atoms with van der Waals surface area (Å²) in [7, 11) is -3.32. The maximum absolute atomic E-state index is 12.7. The highest BCUT2D eigenvalue weighted by molar-refractivity contribution is 9.11. The number of fused-ring (bicyclic) bond motifs is 1. The monoisotopic (exact) mass is 400 g/mol. The van der Waals surface area contributed by atoms with Crippen molar-refractivity contribution in [1.82, 2.24) is 9.62 Å². The molecule has 3 heterocycles. The van der Waals surface area contributed by atoms with Crippen molar-refractivity contribution in [3.05, 3.63) is 14.7 Å². The Morgan fingerprint density at radius 3 is 2.85 bits per heavy atom. The van der Waals surface area contributed by atoms with E-state index in [1.54, 1.807) is 10.4 Å². The number of sulfonamides is 1. The van der Waals surface area contributed by atoms with Crippen LogP contribution in [0.15, 0.2) is 14.7 Å². The average molecular weight is 402 g/mol. The largest absolute Gasteiger partial charge is 0.314 e. The molecular formula is C12H18BrClN2O2S2. The highest BCUT2D eigenvalue weighted by atomic mass is 79.9. The zero-order chi connectivity index (χ0) is 13.6. The first-order valence-electron chi connectivity index (χ1n) is 6.48. The molecule has 4 nitrogen and oxygen atoms in total. The van der Waals surface area contributed by atoms with E-state index in [9.17, 15) is 8.42 Å². The summed E-state index contributed by atoms with van der Waals surface area (Å²) in [5.74, 6) is 0.478. The number of rotatable bonds is 2. The second-order valence-electron chi connectivity index (χ2n) is 5.23. The van der Waals surface area contributed by atoms with Crippen LogP contribution in [-0.2, 0) is 10.0 Å². The van der Waals surface area contributed by atoms with E-state index >= 15 is 0 Å². The lowest BCUT2D eigenvalue weighted by Gasteiger charge is -2.33. The van der Waals surface area contributed by atoms with Crippen molar-refractivity contribution in [3.63, 3.8) is 0 Å². The quantitative estimate of drug-likeness (QED) is 0.829. The van der Waals surface area contributed by atoms with Crippen molar-refractivity contribution < 1.29 is 8.42 Å². The Morgan fingerprint density at radius 1 is 1.45 bits per heavy atom. The first-order valence-corrected chi connectivity index (χ1v) is 9.53. The minimum atomic E-state index is -3.32. The summed E-state index contributed by atoms with van der Waals surface area (Å²) >= 11 is 4.85. The number of hydrogen-bond donors (Lipinski definition) is 1. The van der Waals surface area contributed by atoms with Gasteiger partial charge in [0.2, 0.25) is 10.0 Å². The lowest BCUT2D eigenvalue weighted by molar-refractivity contribution is 0.247. The van der Waals surface area contributed by atoms with E-state index in [0.717, 1.165) is 28.0 Å². The number of nitrogens with zero attached hydrogens (tertiary/aromatic N) is 1. The standard InChI is InChI=1S/C12H17BrN2O2S2.ClH/c1-8-11(6-12(13)18-8)19(16,17)15-5-3-10-9(7-15)2-4-14-10;/h6,9-10,14H,2-5,7H2,1H3;1H. The number of aryl methyl sites for hydroxylation is 1. The molecule has 2 aliphatic rings. The van der Waals surface area contributed by atoms with Gasteiger partial charge < -0.3 is 5.32 Å². The lowest BCUT2D eigenvalue weighted by Crippen LogP contribution is -2.46. The fraction of sp³-hybridized carbons (Fsp3) is 0.667. The number of piperidine rings is 1. The van der Waals surface area contributed by atoms with Crippen LogP contribution in [0.4, 0.5) is 0 Å². The Labute approximate surface area is 138 Å². The van der Waals surface area contributed by atoms with Crippen LogP contribution < -0.4 is 5.32 Å². The number of halogens is 2. The normalized spacial score (nSPS) is 27.1. The molecule has 2 atom stereocenters. The van der Waals surface area contributed by atoms with Gasteiger partial charge in [-0.1, -0.05) is 0 Å². The van der Waals surface area contributed by atoms with Crippen LogP contribution in [0, 0.1) is 12.8 Å². The fourth-order valence-electron chi connectivity index (χ4n) is 3.06. The number of thiophene rings is 1. The SMILES string of the molecule is Cc1sc(Br)cc1S(=O)(=O)N1CCC2NCCC2C1.Cl. The molecule has 0 aromatic carbocycles. The third-order valence-corrected chi connectivity index (χ3v) is 7.75. The molecule has 1 aromatic rings. The van der Waals surface area contributed by atoms with Gasteiger partial charge in [0.05, 0.1) is 8.68 Å². The van der Waals surface area contributed by atoms with Crippen LogP contribution in [0.5, 0.6) is 0 Å². The van der Waals surface area contributed by atoms with Crippen LogP contribution in [0.1, 0.15) is 17.7 Å². The molecule has 0 radical (unpaired) electrons. The van der Waals surface area contributed by atoms with Gasteiger partial charge in [-0.2, -0.15) is 4.31 Å². The predicted molar refractivity (Wildman–Crippen MR) is 87.3 cm³/mol. The highest BCUT2D eigenvalue weighted by Gasteiger charge is 2.38. The maximum Gasteiger partial charge on any atom is 0.244 e. The molecule has 1 aromatic heterocycles. The van der Waals surface area contributed by atoms with E-state index in [-0.39, 0.29) is 12.4 Å². The minimum absolute atomic E-state index is 0. The van der Waals surface area contributed by atoms with Crippen LogP contribution in [-0.4, -0.2) is 38.4 Å². The molecule has 0 spiro atoms. The Hall–Kier alpha value is 0.340. The third kappa shape index (κ3) is 2.94. The van der Waals surface area contributed by atoms with E-state index in [0.29, 0.717) is 29.9 Å². The lowest BCUT2D eigenvalue weighted by atomic mass is 9.95. The number of hydrogen-bond acceptors (Lipinski definition) is 4. The molecule has 2 unspecified atom stereocenters. The molecule has 0 saturated carbocycles. The van der Waals surface area contributed by atoms with Crippen molar-refractivity contribution >= 4 is 49.7 Å². The number of nitrogens with one attached hydrogen (secondary N) is 1. The smallest absolute Gasteiger partial charge is 0.244 e. The summed E-state index contributed by atoms with van der Waals surface area (Å²) in [6.45, 7) is 4.18. The molecule has 0 aliphatic carbocycles. The topological polar surface area (TPSA) is 49.4 Å². The van der Waals surface area contributed by atoms with Gasteiger partial charge in [-0.25, -0.2) is 8.42 Å². The zero-order valence-electron chi connectivity index (χ0n) is 11.1. The second kappa shape index (κ2) is 6.22. The molecule has 8 heteroatoms. The minimum Gasteiger partial charge on any atom is -0.314 e. The third-order valence-electron chi connectivity index (χ3n) is 4.08. The van der Waals surface area contributed by atoms with Gasteiger partial charge in [0.15, 0.2) is 0 Å². The molecular weight excluding hydrogens is 384 g/mol. The highest BCUT2D eigenvalue weighted by Crippen LogP contribution is 2.34. The first kappa shape index (κ1) is 16.7. The second-order valence-corrected chi connectivity index (χ2v) is 9.77. The molecule has 2 saturated heterocycles. The Morgan fingerprint density at radius 2 is 2.20 bits per heavy atom. The Bertz CT molecular complexity index is 590. The van der Waals surface area contributed by atoms with Gasteiger partial charge in [-0.05, 0) is 54.2 Å². The molecule has 3 rings (SSSR count). The van der Waals surface area contributed by atoms with Gasteiger partial charge >= 0.3 is 0 Å². The molecule has 114 valence electrons. The van der Waals surface area contributed by atoms with Crippen LogP contribution >= 0.6 is 39.7 Å². The summed E-state index contributed by atoms with van der Waals surface area (Å²) in [4.78, 5) is 1.33. The van der Waals surface area contributed by atoms with E-state index in [1.165, 1.54) is 11.3 Å². The fourth-order valence-corrected chi connectivity index (χ4v) is 6.95. The van der Waals surface area contributed by atoms with E-state index < -0.39 is 10.0 Å². The molecule has 2 fully saturated rings. The predicted octanol–water partition coefficient (Wildman–Crippen LogP) is 2.61. The van der Waals surface area contributed by atoms with Crippen LogP contribution in [0.25, 0.3) is 0 Å². The van der Waals surface area contributed by atoms with Crippen molar-refractivity contribution in [2.24, 2.45) is 5.92 Å². The van der Waals surface area contributed by atoms with Crippen molar-refractivity contribution in [2.75, 3.05) is 19.6 Å². The molecule has 20 heavy (non-hydrogen) atoms. The summed E-state index contributed by atoms with van der Waals surface area (Å²) in [6, 6.07) is 2.25. The molecule has 0 amide bonds. The molecule has 0 bridgehead atoms. The van der Waals surface area contributed by atoms with E-state index in [2.05, 4.69) is 21.2 Å². The van der Waals surface area contributed by atoms with Crippen molar-refractivity contribution in [1.29, 1.82) is 0 Å². The van der Waals surface area contributed by atoms with Gasteiger partial charge in [-0.15, -0.1) is 23.7 Å². The van der Waals surface area contributed by atoms with Crippen LogP contribution in [0.3, 0.4) is 0 Å². The zero-order valence-corrected chi connectivity index (χ0v) is 15.2. The Kier molecular flexibility index (Phi) is 5.20. The maximum atomic E-state index is 12.7. The van der Waals surface area contributed by atoms with Gasteiger partial charge in [0.25, 0.3) is 0 Å². The van der Waals surface area contributed by atoms with Crippen molar-refractivity contribution in [3.8, 4) is 0 Å². The summed E-state index contributed by atoms with van der Waals surface area (Å²) in [6.07, 6.45) is 2.01. The van der Waals surface area contributed by atoms with Crippen molar-refractivity contribution in [2.45, 2.75) is 30.7 Å². The Balaban J connectivity index is 0.00000147. The molecule has 2 aliphatic heterocycles. The van der Waals surface area contributed by atoms with Gasteiger partial charge in [-0.3, -0.25) is 0 Å². The van der Waals surface area contributed by atoms with E-state index in [4.69, 9.17) is 0 Å². The summed E-state index contributed by atoms with van der Waals surface area (Å²) < 4.78 is 27.9. The average Bonchev–Trinajstić information content (AvgIpc) is 2.94. The van der Waals surface area contributed by atoms with E-state index in [1.807, 2.05) is 6.92 Å². The first-order chi connectivity index (χ1) is 8.98. The van der Waals surface area contributed by atoms with Gasteiger partial charge in [0, 0.05) is 24.0 Å². The van der Waals surface area contributed by atoms with Gasteiger partial charge in [0.1, 0.15) is 0 Å². The summed E-state index contributed by atoms with van der Waals surface area (Å²) in [5.41, 5.74) is 0. The molecule has 1 N–H and O–H groups in total. The van der Waals surface area contributed by atoms with Crippen LogP contribution in [0.2, 0.25) is 0 Å².